The monoisotopic (exact) mass is 490 g/mol. The Morgan fingerprint density at radius 2 is 1.47 bits per heavy atom. The van der Waals surface area contributed by atoms with Crippen LogP contribution in [-0.2, 0) is 7.05 Å². The third-order valence-electron chi connectivity index (χ3n) is 6.56. The molecule has 0 fully saturated rings. The lowest BCUT2D eigenvalue weighted by molar-refractivity contribution is -0.254. The maximum atomic E-state index is 15.4. The molecule has 2 aromatic carbocycles. The van der Waals surface area contributed by atoms with Crippen LogP contribution in [0, 0.1) is 25.2 Å². The summed E-state index contributed by atoms with van der Waals surface area (Å²) in [5, 5.41) is 9.47. The first-order valence-electron chi connectivity index (χ1n) is 10.2. The van der Waals surface area contributed by atoms with Crippen LogP contribution in [0.5, 0.6) is 0 Å². The Kier molecular flexibility index (Phi) is 4.57. The molecule has 2 nitrogen and oxygen atoms in total. The summed E-state index contributed by atoms with van der Waals surface area (Å²) in [5.74, 6) is -15.9. The largest absolute Gasteiger partial charge is 0.380 e. The highest BCUT2D eigenvalue weighted by Crippen LogP contribution is 2.66. The summed E-state index contributed by atoms with van der Waals surface area (Å²) >= 11 is 0.993. The van der Waals surface area contributed by atoms with Crippen molar-refractivity contribution in [3.05, 3.63) is 69.7 Å². The average Bonchev–Trinajstić information content (AvgIpc) is 3.27. The zero-order valence-corrected chi connectivity index (χ0v) is 18.9. The van der Waals surface area contributed by atoms with Gasteiger partial charge in [-0.2, -0.15) is 31.6 Å². The van der Waals surface area contributed by atoms with Gasteiger partial charge >= 0.3 is 17.8 Å². The van der Waals surface area contributed by atoms with Gasteiger partial charge < -0.3 is 4.57 Å². The van der Waals surface area contributed by atoms with E-state index in [1.807, 2.05) is 6.07 Å². The lowest BCUT2D eigenvalue weighted by Gasteiger charge is -2.26. The summed E-state index contributed by atoms with van der Waals surface area (Å²) < 4.78 is 93.4. The minimum Gasteiger partial charge on any atom is -0.347 e. The molecule has 1 aliphatic rings. The number of para-hydroxylation sites is 1. The molecule has 0 saturated carbocycles. The smallest absolute Gasteiger partial charge is 0.347 e. The number of alkyl halides is 6. The molecule has 0 unspecified atom stereocenters. The molecule has 2 heterocycles. The van der Waals surface area contributed by atoms with Crippen molar-refractivity contribution in [1.82, 2.24) is 4.57 Å². The van der Waals surface area contributed by atoms with Crippen LogP contribution in [0.3, 0.4) is 0 Å². The molecule has 9 heteroatoms. The fraction of sp³-hybridized carbons (Fsp3) is 0.240. The molecular weight excluding hydrogens is 474 g/mol. The van der Waals surface area contributed by atoms with Gasteiger partial charge in [0.2, 0.25) is 0 Å². The van der Waals surface area contributed by atoms with Crippen LogP contribution in [0.25, 0.3) is 32.1 Å². The van der Waals surface area contributed by atoms with E-state index in [9.17, 15) is 8.78 Å². The third kappa shape index (κ3) is 2.57. The summed E-state index contributed by atoms with van der Waals surface area (Å²) in [6, 6.07) is 12.3. The number of nitriles is 1. The van der Waals surface area contributed by atoms with Gasteiger partial charge in [-0.25, -0.2) is 0 Å². The van der Waals surface area contributed by atoms with Crippen molar-refractivity contribution in [2.45, 2.75) is 31.6 Å². The second-order valence-corrected chi connectivity index (χ2v) is 9.62. The van der Waals surface area contributed by atoms with Crippen LogP contribution in [0.15, 0.2) is 42.5 Å². The molecule has 0 atom stereocenters. The average molecular weight is 490 g/mol. The first-order chi connectivity index (χ1) is 15.9. The summed E-state index contributed by atoms with van der Waals surface area (Å²) in [6.45, 7) is 2.87. The fourth-order valence-corrected chi connectivity index (χ4v) is 5.93. The highest BCUT2D eigenvalue weighted by atomic mass is 32.1. The predicted molar refractivity (Wildman–Crippen MR) is 121 cm³/mol. The first-order valence-corrected chi connectivity index (χ1v) is 11.0. The number of thiophene rings is 1. The maximum Gasteiger partial charge on any atom is 0.380 e. The minimum absolute atomic E-state index is 0.125. The van der Waals surface area contributed by atoms with Gasteiger partial charge in [0.15, 0.2) is 0 Å². The van der Waals surface area contributed by atoms with E-state index in [2.05, 4.69) is 0 Å². The number of benzene rings is 2. The lowest BCUT2D eigenvalue weighted by atomic mass is 9.91. The van der Waals surface area contributed by atoms with Gasteiger partial charge in [-0.1, -0.05) is 24.3 Å². The number of aromatic nitrogens is 1. The molecule has 0 spiro atoms. The Labute approximate surface area is 194 Å². The molecule has 0 radical (unpaired) electrons. The highest BCUT2D eigenvalue weighted by molar-refractivity contribution is 7.19. The molecule has 1 aliphatic carbocycles. The van der Waals surface area contributed by atoms with Crippen LogP contribution in [0.4, 0.5) is 26.3 Å². The Morgan fingerprint density at radius 1 is 0.853 bits per heavy atom. The second-order valence-electron chi connectivity index (χ2n) is 8.37. The van der Waals surface area contributed by atoms with Gasteiger partial charge in [-0.3, -0.25) is 0 Å². The van der Waals surface area contributed by atoms with Crippen molar-refractivity contribution >= 4 is 43.5 Å². The van der Waals surface area contributed by atoms with Crippen LogP contribution in [0.1, 0.15) is 27.3 Å². The lowest BCUT2D eigenvalue weighted by Crippen LogP contribution is -2.49. The number of allylic oxidation sites excluding steroid dienone is 2. The molecule has 34 heavy (non-hydrogen) atoms. The number of rotatable bonds is 2. The van der Waals surface area contributed by atoms with E-state index in [0.29, 0.717) is 10.2 Å². The maximum absolute atomic E-state index is 15.4. The number of nitrogens with zero attached hydrogens (tertiary/aromatic N) is 2. The Bertz CT molecular complexity index is 1580. The summed E-state index contributed by atoms with van der Waals surface area (Å²) in [6.07, 6.45) is 0. The molecule has 0 N–H and O–H groups in total. The van der Waals surface area contributed by atoms with E-state index in [-0.39, 0.29) is 38.0 Å². The van der Waals surface area contributed by atoms with E-state index in [1.165, 1.54) is 42.7 Å². The van der Waals surface area contributed by atoms with Crippen LogP contribution >= 0.6 is 11.3 Å². The SMILES string of the molecule is Cc1sc2cc(C#N)ccc2c1C1=C(c2c(C)n(C)c3ccccc23)C(F)(F)C(F)(F)C1(F)F. The van der Waals surface area contributed by atoms with Gasteiger partial charge in [0.25, 0.3) is 0 Å². The van der Waals surface area contributed by atoms with Gasteiger partial charge in [0, 0.05) is 60.9 Å². The molecule has 0 aliphatic heterocycles. The third-order valence-corrected chi connectivity index (χ3v) is 7.63. The van der Waals surface area contributed by atoms with Gasteiger partial charge in [-0.05, 0) is 32.0 Å². The minimum atomic E-state index is -5.64. The van der Waals surface area contributed by atoms with Crippen molar-refractivity contribution in [3.8, 4) is 6.07 Å². The molecule has 4 aromatic rings. The number of halogens is 6. The zero-order valence-electron chi connectivity index (χ0n) is 18.1. The Morgan fingerprint density at radius 3 is 2.12 bits per heavy atom. The highest BCUT2D eigenvalue weighted by Gasteiger charge is 2.80. The standard InChI is InChI=1S/C25H16F6N2S/c1-12-19(15-6-4-5-7-17(15)33(12)3)21-22(24(28,29)25(30,31)23(21,26)27)20-13(2)34-18-10-14(11-32)8-9-16(18)20/h4-10H,1-3H3. The van der Waals surface area contributed by atoms with Crippen molar-refractivity contribution in [2.24, 2.45) is 7.05 Å². The van der Waals surface area contributed by atoms with E-state index < -0.39 is 28.9 Å². The zero-order chi connectivity index (χ0) is 24.8. The summed E-state index contributed by atoms with van der Waals surface area (Å²) in [5.41, 5.74) is -2.50. The molecule has 0 bridgehead atoms. The number of hydrogen-bond donors (Lipinski definition) is 0. The van der Waals surface area contributed by atoms with Crippen molar-refractivity contribution in [2.75, 3.05) is 0 Å². The fourth-order valence-electron chi connectivity index (χ4n) is 4.82. The quantitative estimate of drug-likeness (QED) is 0.265. The van der Waals surface area contributed by atoms with E-state index >= 15 is 17.6 Å². The van der Waals surface area contributed by atoms with Gasteiger partial charge in [-0.15, -0.1) is 11.3 Å². The summed E-state index contributed by atoms with van der Waals surface area (Å²) in [7, 11) is 1.57. The Hall–Kier alpha value is -3.25. The van der Waals surface area contributed by atoms with Gasteiger partial charge in [0.1, 0.15) is 0 Å². The molecule has 174 valence electrons. The molecule has 2 aromatic heterocycles. The first kappa shape index (κ1) is 22.5. The van der Waals surface area contributed by atoms with Gasteiger partial charge in [0.05, 0.1) is 11.6 Å². The molecule has 0 saturated heterocycles. The number of aryl methyl sites for hydroxylation is 2. The molecule has 0 amide bonds. The number of fused-ring (bicyclic) bond motifs is 2. The van der Waals surface area contributed by atoms with Crippen LogP contribution < -0.4 is 0 Å². The van der Waals surface area contributed by atoms with E-state index in [4.69, 9.17) is 5.26 Å². The molecule has 5 rings (SSSR count). The number of hydrogen-bond acceptors (Lipinski definition) is 2. The van der Waals surface area contributed by atoms with Crippen LogP contribution in [0.2, 0.25) is 0 Å². The van der Waals surface area contributed by atoms with Crippen LogP contribution in [-0.4, -0.2) is 22.3 Å². The van der Waals surface area contributed by atoms with E-state index in [1.54, 1.807) is 25.2 Å². The van der Waals surface area contributed by atoms with E-state index in [0.717, 1.165) is 11.3 Å². The van der Waals surface area contributed by atoms with Crippen molar-refractivity contribution < 1.29 is 26.3 Å². The van der Waals surface area contributed by atoms with Crippen molar-refractivity contribution in [1.29, 1.82) is 5.26 Å². The topological polar surface area (TPSA) is 28.7 Å². The predicted octanol–water partition coefficient (Wildman–Crippen LogP) is 7.71. The molecular formula is C25H16F6N2S. The second kappa shape index (κ2) is 6.89. The summed E-state index contributed by atoms with van der Waals surface area (Å²) in [4.78, 5) is 0.184. The normalized spacial score (nSPS) is 18.7. The Balaban J connectivity index is 2.00. The van der Waals surface area contributed by atoms with Crippen molar-refractivity contribution in [3.63, 3.8) is 0 Å².